The first-order valence-electron chi connectivity index (χ1n) is 14.6. The van der Waals surface area contributed by atoms with Gasteiger partial charge in [-0.2, -0.15) is 23.3 Å². The fourth-order valence-corrected chi connectivity index (χ4v) is 5.37. The van der Waals surface area contributed by atoms with Crippen molar-refractivity contribution in [2.45, 2.75) is 19.6 Å². The highest BCUT2D eigenvalue weighted by atomic mass is 19.4. The van der Waals surface area contributed by atoms with E-state index in [1.54, 1.807) is 49.1 Å². The first-order valence-corrected chi connectivity index (χ1v) is 14.6. The molecule has 1 aliphatic heterocycles. The highest BCUT2D eigenvalue weighted by Gasteiger charge is 2.34. The zero-order valence-corrected chi connectivity index (χ0v) is 25.5. The number of aryl methyl sites for hydroxylation is 2. The minimum Gasteiger partial charge on any atom is -0.508 e. The number of phenols is 1. The fourth-order valence-electron chi connectivity index (χ4n) is 5.37. The van der Waals surface area contributed by atoms with Crippen molar-refractivity contribution in [3.05, 3.63) is 89.1 Å². The number of alkyl halides is 3. The molecule has 3 heterocycles. The number of fused-ring (bicyclic) bond motifs is 1. The van der Waals surface area contributed by atoms with Gasteiger partial charge in [0.25, 0.3) is 5.91 Å². The average Bonchev–Trinajstić information content (AvgIpc) is 3.40. The van der Waals surface area contributed by atoms with E-state index in [4.69, 9.17) is 4.74 Å². The molecule has 10 nitrogen and oxygen atoms in total. The van der Waals surface area contributed by atoms with Gasteiger partial charge in [0.05, 0.1) is 5.56 Å². The topological polar surface area (TPSA) is 109 Å². The summed E-state index contributed by atoms with van der Waals surface area (Å²) in [5.41, 5.74) is 1.16. The SMILES string of the molecule is Cc1ccc(Oc2nc(-c3cccc(O)c3)nc3nn(C)cc23)cc1C(=O)Nc1ccc(CN2CCN(C)CC2)c(C(F)(F)F)c1. The molecule has 6 rings (SSSR count). The third-order valence-electron chi connectivity index (χ3n) is 7.89. The van der Waals surface area contributed by atoms with Crippen molar-refractivity contribution in [1.82, 2.24) is 29.5 Å². The monoisotopic (exact) mass is 631 g/mol. The summed E-state index contributed by atoms with van der Waals surface area (Å²) in [6.07, 6.45) is -2.89. The fraction of sp³-hybridized carbons (Fsp3) is 0.273. The van der Waals surface area contributed by atoms with Crippen molar-refractivity contribution in [3.8, 4) is 28.8 Å². The van der Waals surface area contributed by atoms with Crippen LogP contribution in [0.1, 0.15) is 27.0 Å². The van der Waals surface area contributed by atoms with E-state index in [0.29, 0.717) is 35.2 Å². The number of aromatic nitrogens is 4. The number of carbonyl (C=O) groups is 1. The summed E-state index contributed by atoms with van der Waals surface area (Å²) < 4.78 is 50.1. The van der Waals surface area contributed by atoms with Crippen LogP contribution in [0.25, 0.3) is 22.4 Å². The third-order valence-corrected chi connectivity index (χ3v) is 7.89. The number of nitrogens with zero attached hydrogens (tertiary/aromatic N) is 6. The molecule has 1 saturated heterocycles. The van der Waals surface area contributed by atoms with E-state index >= 15 is 0 Å². The number of piperazine rings is 1. The van der Waals surface area contributed by atoms with Crippen LogP contribution in [0.15, 0.2) is 66.9 Å². The Morgan fingerprint density at radius 2 is 1.78 bits per heavy atom. The highest BCUT2D eigenvalue weighted by molar-refractivity contribution is 6.05. The second kappa shape index (κ2) is 12.4. The maximum absolute atomic E-state index is 14.1. The average molecular weight is 632 g/mol. The van der Waals surface area contributed by atoms with Crippen LogP contribution in [-0.4, -0.2) is 73.8 Å². The van der Waals surface area contributed by atoms with Gasteiger partial charge in [0.2, 0.25) is 5.88 Å². The largest absolute Gasteiger partial charge is 0.508 e. The molecule has 1 fully saturated rings. The Balaban J connectivity index is 1.26. The summed E-state index contributed by atoms with van der Waals surface area (Å²) in [6, 6.07) is 15.2. The second-order valence-corrected chi connectivity index (χ2v) is 11.4. The van der Waals surface area contributed by atoms with Gasteiger partial charge in [-0.15, -0.1) is 0 Å². The Kier molecular flexibility index (Phi) is 8.36. The molecule has 238 valence electrons. The molecule has 0 unspecified atom stereocenters. The molecule has 0 atom stereocenters. The van der Waals surface area contributed by atoms with Gasteiger partial charge in [0, 0.05) is 62.8 Å². The zero-order chi connectivity index (χ0) is 32.6. The summed E-state index contributed by atoms with van der Waals surface area (Å²) in [5, 5.41) is 17.5. The summed E-state index contributed by atoms with van der Waals surface area (Å²) in [4.78, 5) is 26.6. The van der Waals surface area contributed by atoms with Crippen molar-refractivity contribution < 1.29 is 27.8 Å². The number of likely N-dealkylation sites (N-methyl/N-ethyl adjacent to an activating group) is 1. The zero-order valence-electron chi connectivity index (χ0n) is 25.5. The molecule has 2 N–H and O–H groups in total. The molecule has 0 spiro atoms. The molecule has 2 aromatic heterocycles. The summed E-state index contributed by atoms with van der Waals surface area (Å²) in [7, 11) is 3.72. The molecule has 13 heteroatoms. The van der Waals surface area contributed by atoms with E-state index in [2.05, 4.69) is 25.3 Å². The molecule has 0 radical (unpaired) electrons. The number of hydrogen-bond donors (Lipinski definition) is 2. The van der Waals surface area contributed by atoms with Gasteiger partial charge < -0.3 is 20.1 Å². The summed E-state index contributed by atoms with van der Waals surface area (Å²) >= 11 is 0. The van der Waals surface area contributed by atoms with Crippen molar-refractivity contribution in [2.24, 2.45) is 7.05 Å². The molecule has 0 aliphatic carbocycles. The maximum Gasteiger partial charge on any atom is 0.416 e. The Morgan fingerprint density at radius 3 is 2.52 bits per heavy atom. The lowest BCUT2D eigenvalue weighted by molar-refractivity contribution is -0.138. The van der Waals surface area contributed by atoms with Crippen LogP contribution >= 0.6 is 0 Å². The van der Waals surface area contributed by atoms with Gasteiger partial charge in [-0.3, -0.25) is 14.4 Å². The second-order valence-electron chi connectivity index (χ2n) is 11.4. The van der Waals surface area contributed by atoms with E-state index in [1.165, 1.54) is 30.3 Å². The number of rotatable bonds is 7. The lowest BCUT2D eigenvalue weighted by Crippen LogP contribution is -2.44. The first-order chi connectivity index (χ1) is 21.9. The number of amides is 1. The Hall–Kier alpha value is -5.01. The van der Waals surface area contributed by atoms with E-state index in [9.17, 15) is 23.1 Å². The number of carbonyl (C=O) groups excluding carboxylic acids is 1. The van der Waals surface area contributed by atoms with Gasteiger partial charge in [-0.1, -0.05) is 24.3 Å². The lowest BCUT2D eigenvalue weighted by Gasteiger charge is -2.33. The molecular weight excluding hydrogens is 599 g/mol. The highest BCUT2D eigenvalue weighted by Crippen LogP contribution is 2.35. The molecule has 46 heavy (non-hydrogen) atoms. The molecular formula is C33H32F3N7O3. The number of halogens is 3. The smallest absolute Gasteiger partial charge is 0.416 e. The number of ether oxygens (including phenoxy) is 1. The number of anilines is 1. The molecule has 1 aliphatic rings. The predicted octanol–water partition coefficient (Wildman–Crippen LogP) is 5.86. The number of aromatic hydroxyl groups is 1. The summed E-state index contributed by atoms with van der Waals surface area (Å²) in [5.74, 6) is 0.194. The Labute approximate surface area is 263 Å². The van der Waals surface area contributed by atoms with Crippen LogP contribution in [0, 0.1) is 6.92 Å². The Bertz CT molecular complexity index is 1920. The van der Waals surface area contributed by atoms with Crippen molar-refractivity contribution in [3.63, 3.8) is 0 Å². The van der Waals surface area contributed by atoms with Crippen LogP contribution in [-0.2, 0) is 19.8 Å². The van der Waals surface area contributed by atoms with E-state index in [-0.39, 0.29) is 46.6 Å². The minimum absolute atomic E-state index is 0.0359. The van der Waals surface area contributed by atoms with Gasteiger partial charge in [-0.05, 0) is 61.5 Å². The lowest BCUT2D eigenvalue weighted by atomic mass is 10.0. The van der Waals surface area contributed by atoms with E-state index < -0.39 is 17.6 Å². The van der Waals surface area contributed by atoms with Gasteiger partial charge >= 0.3 is 6.18 Å². The predicted molar refractivity (Wildman–Crippen MR) is 167 cm³/mol. The first kappa shape index (κ1) is 31.0. The van der Waals surface area contributed by atoms with Gasteiger partial charge in [0.1, 0.15) is 16.9 Å². The number of phenolic OH excluding ortho intramolecular Hbond substituents is 1. The maximum atomic E-state index is 14.1. The van der Waals surface area contributed by atoms with Crippen LogP contribution in [0.5, 0.6) is 17.4 Å². The molecule has 3 aromatic carbocycles. The minimum atomic E-state index is -4.58. The third kappa shape index (κ3) is 6.80. The van der Waals surface area contributed by atoms with Crippen molar-refractivity contribution in [1.29, 1.82) is 0 Å². The number of nitrogens with one attached hydrogen (secondary N) is 1. The van der Waals surface area contributed by atoms with Crippen molar-refractivity contribution >= 4 is 22.6 Å². The molecule has 5 aromatic rings. The standard InChI is InChI=1S/C33H32F3N7O3/c1-20-7-10-25(46-32-27-19-42(3)40-30(27)38-29(39-32)21-5-4-6-24(44)15-21)17-26(20)31(45)37-23-9-8-22(28(16-23)33(34,35)36)18-43-13-11-41(2)12-14-43/h4-10,15-17,19,44H,11-14,18H2,1-3H3,(H,37,45). The van der Waals surface area contributed by atoms with Crippen LogP contribution < -0.4 is 10.1 Å². The van der Waals surface area contributed by atoms with Crippen LogP contribution in [0.2, 0.25) is 0 Å². The van der Waals surface area contributed by atoms with E-state index in [1.807, 2.05) is 11.9 Å². The number of hydrogen-bond acceptors (Lipinski definition) is 8. The van der Waals surface area contributed by atoms with Crippen molar-refractivity contribution in [2.75, 3.05) is 38.5 Å². The molecule has 1 amide bonds. The summed E-state index contributed by atoms with van der Waals surface area (Å²) in [6.45, 7) is 4.85. The van der Waals surface area contributed by atoms with E-state index in [0.717, 1.165) is 19.2 Å². The Morgan fingerprint density at radius 1 is 1.00 bits per heavy atom. The molecule has 0 saturated carbocycles. The van der Waals surface area contributed by atoms with Gasteiger partial charge in [0.15, 0.2) is 11.5 Å². The molecule has 0 bridgehead atoms. The number of benzene rings is 3. The quantitative estimate of drug-likeness (QED) is 0.230. The normalized spacial score (nSPS) is 14.5. The van der Waals surface area contributed by atoms with Gasteiger partial charge in [-0.25, -0.2) is 4.98 Å². The van der Waals surface area contributed by atoms with Crippen LogP contribution in [0.4, 0.5) is 18.9 Å². The van der Waals surface area contributed by atoms with Crippen LogP contribution in [0.3, 0.4) is 0 Å².